The Labute approximate surface area is 91.0 Å². The van der Waals surface area contributed by atoms with Crippen LogP contribution < -0.4 is 0 Å². The molecule has 0 fully saturated rings. The average Bonchev–Trinajstić information content (AvgIpc) is 2.71. The first-order valence-electron chi connectivity index (χ1n) is 4.11. The molecule has 0 unspecified atom stereocenters. The molecule has 0 saturated carbocycles. The summed E-state index contributed by atoms with van der Waals surface area (Å²) in [5.41, 5.74) is 0.892. The molecule has 1 heterocycles. The fourth-order valence-electron chi connectivity index (χ4n) is 1.15. The van der Waals surface area contributed by atoms with Gasteiger partial charge in [0.05, 0.1) is 4.86 Å². The van der Waals surface area contributed by atoms with Crippen molar-refractivity contribution in [2.75, 3.05) is 0 Å². The molecule has 0 amide bonds. The molecule has 14 heavy (non-hydrogen) atoms. The second-order valence-corrected chi connectivity index (χ2v) is 4.17. The molecule has 0 aliphatic carbocycles. The van der Waals surface area contributed by atoms with Gasteiger partial charge in [0.2, 0.25) is 0 Å². The normalized spacial score (nSPS) is 10.1. The zero-order chi connectivity index (χ0) is 9.97. The highest BCUT2D eigenvalue weighted by Gasteiger charge is 2.04. The van der Waals surface area contributed by atoms with E-state index in [9.17, 15) is 4.39 Å². The van der Waals surface area contributed by atoms with Gasteiger partial charge in [-0.25, -0.2) is 4.39 Å². The highest BCUT2D eigenvalue weighted by molar-refractivity contribution is 7.81. The van der Waals surface area contributed by atoms with Crippen LogP contribution in [-0.2, 0) is 0 Å². The molecule has 2 aromatic rings. The van der Waals surface area contributed by atoms with Crippen LogP contribution >= 0.6 is 23.6 Å². The number of thiophene rings is 1. The molecule has 0 nitrogen and oxygen atoms in total. The van der Waals surface area contributed by atoms with Crippen molar-refractivity contribution in [2.24, 2.45) is 0 Å². The number of halogens is 1. The molecule has 3 heteroatoms. The van der Waals surface area contributed by atoms with Crippen molar-refractivity contribution in [1.29, 1.82) is 0 Å². The summed E-state index contributed by atoms with van der Waals surface area (Å²) in [6.07, 6.45) is 0. The van der Waals surface area contributed by atoms with Crippen LogP contribution in [0.25, 0.3) is 0 Å². The first-order valence-corrected chi connectivity index (χ1v) is 5.40. The summed E-state index contributed by atoms with van der Waals surface area (Å²) < 4.78 is 12.7. The molecule has 70 valence electrons. The Morgan fingerprint density at radius 3 is 2.43 bits per heavy atom. The van der Waals surface area contributed by atoms with E-state index in [1.807, 2.05) is 17.5 Å². The molecule has 0 saturated heterocycles. The van der Waals surface area contributed by atoms with Crippen LogP contribution in [0.1, 0.15) is 10.4 Å². The summed E-state index contributed by atoms with van der Waals surface area (Å²) in [7, 11) is 0. The van der Waals surface area contributed by atoms with Crippen molar-refractivity contribution in [3.8, 4) is 0 Å². The van der Waals surface area contributed by atoms with E-state index in [0.717, 1.165) is 15.3 Å². The van der Waals surface area contributed by atoms with Crippen LogP contribution in [0.4, 0.5) is 4.39 Å². The summed E-state index contributed by atoms with van der Waals surface area (Å²) in [5.74, 6) is -0.234. The van der Waals surface area contributed by atoms with Crippen LogP contribution in [-0.4, -0.2) is 4.86 Å². The molecular weight excluding hydrogens is 215 g/mol. The van der Waals surface area contributed by atoms with Crippen molar-refractivity contribution in [1.82, 2.24) is 0 Å². The van der Waals surface area contributed by atoms with E-state index in [-0.39, 0.29) is 5.82 Å². The highest BCUT2D eigenvalue weighted by Crippen LogP contribution is 2.16. The van der Waals surface area contributed by atoms with E-state index in [0.29, 0.717) is 0 Å². The Morgan fingerprint density at radius 2 is 1.86 bits per heavy atom. The fourth-order valence-corrected chi connectivity index (χ4v) is 2.19. The monoisotopic (exact) mass is 222 g/mol. The Hall–Kier alpha value is -1.06. The summed E-state index contributed by atoms with van der Waals surface area (Å²) in [6, 6.07) is 10.2. The topological polar surface area (TPSA) is 0 Å². The Bertz CT molecular complexity index is 429. The molecule has 0 radical (unpaired) electrons. The van der Waals surface area contributed by atoms with Gasteiger partial charge in [-0.3, -0.25) is 0 Å². The van der Waals surface area contributed by atoms with Gasteiger partial charge in [0.1, 0.15) is 5.82 Å². The van der Waals surface area contributed by atoms with Gasteiger partial charge in [0.25, 0.3) is 0 Å². The summed E-state index contributed by atoms with van der Waals surface area (Å²) in [4.78, 5) is 1.83. The lowest BCUT2D eigenvalue weighted by Gasteiger charge is -2.00. The molecular formula is C11H7FS2. The van der Waals surface area contributed by atoms with Gasteiger partial charge in [-0.2, -0.15) is 0 Å². The van der Waals surface area contributed by atoms with E-state index in [2.05, 4.69) is 0 Å². The molecule has 0 atom stereocenters. The zero-order valence-electron chi connectivity index (χ0n) is 7.24. The van der Waals surface area contributed by atoms with Crippen LogP contribution in [0.5, 0.6) is 0 Å². The summed E-state index contributed by atoms with van der Waals surface area (Å²) in [5, 5.41) is 1.98. The van der Waals surface area contributed by atoms with Gasteiger partial charge in [0.15, 0.2) is 0 Å². The van der Waals surface area contributed by atoms with Crippen LogP contribution in [0.2, 0.25) is 0 Å². The van der Waals surface area contributed by atoms with Gasteiger partial charge >= 0.3 is 0 Å². The SMILES string of the molecule is Fc1ccc(C(=S)c2cccs2)cc1. The first kappa shape index (κ1) is 9.49. The van der Waals surface area contributed by atoms with Crippen molar-refractivity contribution >= 4 is 28.4 Å². The van der Waals surface area contributed by atoms with E-state index >= 15 is 0 Å². The minimum absolute atomic E-state index is 0.234. The minimum Gasteiger partial charge on any atom is -0.207 e. The highest BCUT2D eigenvalue weighted by atomic mass is 32.1. The average molecular weight is 222 g/mol. The smallest absolute Gasteiger partial charge is 0.123 e. The number of benzene rings is 1. The Balaban J connectivity index is 2.33. The maximum absolute atomic E-state index is 12.7. The first-order chi connectivity index (χ1) is 6.77. The molecule has 2 rings (SSSR count). The van der Waals surface area contributed by atoms with Crippen LogP contribution in [0.15, 0.2) is 41.8 Å². The quantitative estimate of drug-likeness (QED) is 0.552. The third kappa shape index (κ3) is 1.89. The third-order valence-corrected chi connectivity index (χ3v) is 3.32. The van der Waals surface area contributed by atoms with Crippen molar-refractivity contribution in [2.45, 2.75) is 0 Å². The largest absolute Gasteiger partial charge is 0.207 e. The fraction of sp³-hybridized carbons (Fsp3) is 0. The predicted octanol–water partition coefficient (Wildman–Crippen LogP) is 3.65. The third-order valence-electron chi connectivity index (χ3n) is 1.85. The van der Waals surface area contributed by atoms with Crippen molar-refractivity contribution in [3.05, 3.63) is 58.0 Å². The van der Waals surface area contributed by atoms with Gasteiger partial charge in [-0.15, -0.1) is 11.3 Å². The number of thiocarbonyl (C=S) groups is 1. The Kier molecular flexibility index (Phi) is 2.70. The predicted molar refractivity (Wildman–Crippen MR) is 61.5 cm³/mol. The molecule has 0 aliphatic heterocycles. The van der Waals surface area contributed by atoms with E-state index in [1.54, 1.807) is 23.5 Å². The van der Waals surface area contributed by atoms with Crippen molar-refractivity contribution in [3.63, 3.8) is 0 Å². The number of hydrogen-bond acceptors (Lipinski definition) is 2. The van der Waals surface area contributed by atoms with Crippen molar-refractivity contribution < 1.29 is 4.39 Å². The maximum Gasteiger partial charge on any atom is 0.123 e. The maximum atomic E-state index is 12.7. The van der Waals surface area contributed by atoms with Crippen LogP contribution in [0.3, 0.4) is 0 Å². The van der Waals surface area contributed by atoms with E-state index in [4.69, 9.17) is 12.2 Å². The van der Waals surface area contributed by atoms with Gasteiger partial charge in [0, 0.05) is 4.88 Å². The lowest BCUT2D eigenvalue weighted by Crippen LogP contribution is -1.96. The number of hydrogen-bond donors (Lipinski definition) is 0. The Morgan fingerprint density at radius 1 is 1.14 bits per heavy atom. The summed E-state index contributed by atoms with van der Waals surface area (Å²) in [6.45, 7) is 0. The molecule has 1 aromatic heterocycles. The molecule has 0 spiro atoms. The lowest BCUT2D eigenvalue weighted by molar-refractivity contribution is 0.628. The molecule has 1 aromatic carbocycles. The van der Waals surface area contributed by atoms with E-state index < -0.39 is 0 Å². The molecule has 0 N–H and O–H groups in total. The van der Waals surface area contributed by atoms with E-state index in [1.165, 1.54) is 12.1 Å². The number of rotatable bonds is 2. The second-order valence-electron chi connectivity index (χ2n) is 2.81. The zero-order valence-corrected chi connectivity index (χ0v) is 8.87. The minimum atomic E-state index is -0.234. The van der Waals surface area contributed by atoms with Gasteiger partial charge in [-0.05, 0) is 29.1 Å². The lowest BCUT2D eigenvalue weighted by atomic mass is 10.1. The standard InChI is InChI=1S/C11H7FS2/c12-9-5-3-8(4-6-9)11(13)10-2-1-7-14-10/h1-7H. The summed E-state index contributed by atoms with van der Waals surface area (Å²) >= 11 is 6.87. The molecule has 0 bridgehead atoms. The van der Waals surface area contributed by atoms with Gasteiger partial charge in [-0.1, -0.05) is 30.4 Å². The van der Waals surface area contributed by atoms with Crippen LogP contribution in [0, 0.1) is 5.82 Å². The van der Waals surface area contributed by atoms with Gasteiger partial charge < -0.3 is 0 Å². The second kappa shape index (κ2) is 3.98. The molecule has 0 aliphatic rings.